The molecular formula is C16H16N2O3. The Morgan fingerprint density at radius 1 is 1.33 bits per heavy atom. The molecule has 1 saturated heterocycles. The Labute approximate surface area is 122 Å². The standard InChI is InChI=1S/C16H16N2O3/c17-8-11-3-5-12(6-4-11)14(19)18-9-13-2-1-7-16(13,10-18)15(20)21/h3-6,13H,1-2,7,9-10H2,(H,20,21)/t13-,16+/m0/s1. The van der Waals surface area contributed by atoms with Gasteiger partial charge >= 0.3 is 5.97 Å². The van der Waals surface area contributed by atoms with E-state index in [9.17, 15) is 14.7 Å². The van der Waals surface area contributed by atoms with Crippen LogP contribution in [0.1, 0.15) is 35.2 Å². The quantitative estimate of drug-likeness (QED) is 0.899. The Hall–Kier alpha value is -2.35. The van der Waals surface area contributed by atoms with Crippen LogP contribution in [0.5, 0.6) is 0 Å². The molecule has 1 N–H and O–H groups in total. The smallest absolute Gasteiger partial charge is 0.311 e. The summed E-state index contributed by atoms with van der Waals surface area (Å²) in [5, 5.41) is 18.3. The second-order valence-corrected chi connectivity index (χ2v) is 5.93. The minimum atomic E-state index is -0.778. The van der Waals surface area contributed by atoms with Crippen LogP contribution in [0, 0.1) is 22.7 Å². The SMILES string of the molecule is N#Cc1ccc(C(=O)N2C[C@@H]3CCC[C@@]3(C(=O)O)C2)cc1. The molecule has 2 aliphatic rings. The number of benzene rings is 1. The number of carbonyl (C=O) groups excluding carboxylic acids is 1. The van der Waals surface area contributed by atoms with E-state index in [1.54, 1.807) is 29.2 Å². The first-order chi connectivity index (χ1) is 10.1. The van der Waals surface area contributed by atoms with Gasteiger partial charge in [0.05, 0.1) is 17.0 Å². The van der Waals surface area contributed by atoms with Gasteiger partial charge < -0.3 is 10.0 Å². The van der Waals surface area contributed by atoms with E-state index in [1.165, 1.54) is 0 Å². The first-order valence-corrected chi connectivity index (χ1v) is 7.10. The summed E-state index contributed by atoms with van der Waals surface area (Å²) >= 11 is 0. The number of nitrogens with zero attached hydrogens (tertiary/aromatic N) is 2. The van der Waals surface area contributed by atoms with Crippen LogP contribution in [0.15, 0.2) is 24.3 Å². The predicted octanol–water partition coefficient (Wildman–Crippen LogP) is 1.89. The highest BCUT2D eigenvalue weighted by atomic mass is 16.4. The third-order valence-electron chi connectivity index (χ3n) is 4.84. The van der Waals surface area contributed by atoms with Crippen molar-refractivity contribution in [3.63, 3.8) is 0 Å². The largest absolute Gasteiger partial charge is 0.481 e. The average molecular weight is 284 g/mol. The highest BCUT2D eigenvalue weighted by molar-refractivity contribution is 5.95. The molecule has 1 aromatic rings. The molecule has 1 aliphatic heterocycles. The monoisotopic (exact) mass is 284 g/mol. The molecule has 0 bridgehead atoms. The maximum absolute atomic E-state index is 12.5. The second kappa shape index (κ2) is 4.88. The van der Waals surface area contributed by atoms with Crippen LogP contribution >= 0.6 is 0 Å². The number of carboxylic acids is 1. The molecular weight excluding hydrogens is 268 g/mol. The normalized spacial score (nSPS) is 27.2. The Morgan fingerprint density at radius 2 is 2.05 bits per heavy atom. The van der Waals surface area contributed by atoms with E-state index in [4.69, 9.17) is 5.26 Å². The number of fused-ring (bicyclic) bond motifs is 1. The highest BCUT2D eigenvalue weighted by Crippen LogP contribution is 2.49. The van der Waals surface area contributed by atoms with E-state index in [-0.39, 0.29) is 11.8 Å². The lowest BCUT2D eigenvalue weighted by atomic mass is 9.81. The number of rotatable bonds is 2. The zero-order valence-electron chi connectivity index (χ0n) is 11.6. The van der Waals surface area contributed by atoms with Gasteiger partial charge in [0.15, 0.2) is 0 Å². The summed E-state index contributed by atoms with van der Waals surface area (Å²) < 4.78 is 0. The lowest BCUT2D eigenvalue weighted by molar-refractivity contribution is -0.149. The first kappa shape index (κ1) is 13.6. The van der Waals surface area contributed by atoms with Crippen molar-refractivity contribution < 1.29 is 14.7 Å². The summed E-state index contributed by atoms with van der Waals surface area (Å²) in [4.78, 5) is 25.8. The summed E-state index contributed by atoms with van der Waals surface area (Å²) in [5.74, 6) is -0.855. The molecule has 1 aromatic carbocycles. The van der Waals surface area contributed by atoms with Crippen molar-refractivity contribution in [1.29, 1.82) is 5.26 Å². The number of nitriles is 1. The van der Waals surface area contributed by atoms with Crippen LogP contribution in [-0.4, -0.2) is 35.0 Å². The van der Waals surface area contributed by atoms with Crippen molar-refractivity contribution in [3.05, 3.63) is 35.4 Å². The molecule has 5 nitrogen and oxygen atoms in total. The maximum Gasteiger partial charge on any atom is 0.311 e. The lowest BCUT2D eigenvalue weighted by Crippen LogP contribution is -2.37. The Balaban J connectivity index is 1.81. The number of aliphatic carboxylic acids is 1. The third kappa shape index (κ3) is 2.07. The molecule has 3 rings (SSSR count). The summed E-state index contributed by atoms with van der Waals surface area (Å²) in [7, 11) is 0. The summed E-state index contributed by atoms with van der Waals surface area (Å²) in [6.07, 6.45) is 2.46. The number of amides is 1. The molecule has 1 amide bonds. The topological polar surface area (TPSA) is 81.4 Å². The van der Waals surface area contributed by atoms with Gasteiger partial charge in [-0.25, -0.2) is 0 Å². The van der Waals surface area contributed by atoms with Crippen molar-refractivity contribution in [3.8, 4) is 6.07 Å². The van der Waals surface area contributed by atoms with E-state index in [0.29, 0.717) is 30.6 Å². The number of hydrogen-bond acceptors (Lipinski definition) is 3. The minimum absolute atomic E-state index is 0.0670. The Bertz CT molecular complexity index is 632. The molecule has 1 aliphatic carbocycles. The Kier molecular flexibility index (Phi) is 3.17. The molecule has 2 fully saturated rings. The van der Waals surface area contributed by atoms with Gasteiger partial charge in [-0.2, -0.15) is 5.26 Å². The summed E-state index contributed by atoms with van der Waals surface area (Å²) in [5.41, 5.74) is 0.267. The molecule has 1 heterocycles. The van der Waals surface area contributed by atoms with Gasteiger partial charge in [0, 0.05) is 18.7 Å². The molecule has 0 aromatic heterocycles. The van der Waals surface area contributed by atoms with Gasteiger partial charge in [0.2, 0.25) is 0 Å². The van der Waals surface area contributed by atoms with Crippen LogP contribution in [-0.2, 0) is 4.79 Å². The summed E-state index contributed by atoms with van der Waals surface area (Å²) in [6.45, 7) is 0.816. The van der Waals surface area contributed by atoms with Crippen LogP contribution < -0.4 is 0 Å². The fraction of sp³-hybridized carbons (Fsp3) is 0.438. The zero-order valence-corrected chi connectivity index (χ0v) is 11.6. The lowest BCUT2D eigenvalue weighted by Gasteiger charge is -2.23. The molecule has 1 saturated carbocycles. The predicted molar refractivity (Wildman–Crippen MR) is 74.5 cm³/mol. The molecule has 2 atom stereocenters. The molecule has 108 valence electrons. The average Bonchev–Trinajstić information content (AvgIpc) is 3.04. The van der Waals surface area contributed by atoms with Crippen molar-refractivity contribution in [1.82, 2.24) is 4.90 Å². The van der Waals surface area contributed by atoms with Crippen LogP contribution in [0.4, 0.5) is 0 Å². The van der Waals surface area contributed by atoms with Crippen molar-refractivity contribution in [2.24, 2.45) is 11.3 Å². The fourth-order valence-electron chi connectivity index (χ4n) is 3.66. The van der Waals surface area contributed by atoms with Crippen molar-refractivity contribution in [2.45, 2.75) is 19.3 Å². The maximum atomic E-state index is 12.5. The molecule has 0 radical (unpaired) electrons. The molecule has 0 unspecified atom stereocenters. The van der Waals surface area contributed by atoms with E-state index in [0.717, 1.165) is 12.8 Å². The number of hydrogen-bond donors (Lipinski definition) is 1. The van der Waals surface area contributed by atoms with Gasteiger partial charge in [-0.05, 0) is 43.0 Å². The number of carboxylic acid groups (broad SMARTS) is 1. The van der Waals surface area contributed by atoms with Crippen LogP contribution in [0.25, 0.3) is 0 Å². The van der Waals surface area contributed by atoms with E-state index >= 15 is 0 Å². The van der Waals surface area contributed by atoms with Gasteiger partial charge in [0.25, 0.3) is 5.91 Å². The van der Waals surface area contributed by atoms with Gasteiger partial charge in [-0.15, -0.1) is 0 Å². The molecule has 0 spiro atoms. The third-order valence-corrected chi connectivity index (χ3v) is 4.84. The highest BCUT2D eigenvalue weighted by Gasteiger charge is 2.55. The Morgan fingerprint density at radius 3 is 2.62 bits per heavy atom. The van der Waals surface area contributed by atoms with Crippen LogP contribution in [0.2, 0.25) is 0 Å². The second-order valence-electron chi connectivity index (χ2n) is 5.93. The van der Waals surface area contributed by atoms with Gasteiger partial charge in [-0.3, -0.25) is 9.59 Å². The van der Waals surface area contributed by atoms with Crippen molar-refractivity contribution in [2.75, 3.05) is 13.1 Å². The van der Waals surface area contributed by atoms with Crippen molar-refractivity contribution >= 4 is 11.9 Å². The van der Waals surface area contributed by atoms with Crippen LogP contribution in [0.3, 0.4) is 0 Å². The number of likely N-dealkylation sites (tertiary alicyclic amines) is 1. The van der Waals surface area contributed by atoms with E-state index in [1.807, 2.05) is 6.07 Å². The van der Waals surface area contributed by atoms with Gasteiger partial charge in [0.1, 0.15) is 0 Å². The van der Waals surface area contributed by atoms with Gasteiger partial charge in [-0.1, -0.05) is 6.42 Å². The minimum Gasteiger partial charge on any atom is -0.481 e. The summed E-state index contributed by atoms with van der Waals surface area (Å²) in [6, 6.07) is 8.48. The molecule has 5 heteroatoms. The fourth-order valence-corrected chi connectivity index (χ4v) is 3.66. The zero-order chi connectivity index (χ0) is 15.0. The first-order valence-electron chi connectivity index (χ1n) is 7.10. The van der Waals surface area contributed by atoms with E-state index < -0.39 is 11.4 Å². The van der Waals surface area contributed by atoms with E-state index in [2.05, 4.69) is 0 Å². The molecule has 21 heavy (non-hydrogen) atoms. The number of carbonyl (C=O) groups is 2.